The minimum absolute atomic E-state index is 0.0248. The molecule has 33 heavy (non-hydrogen) atoms. The number of rotatable bonds is 8. The molecule has 0 bridgehead atoms. The Morgan fingerprint density at radius 1 is 0.970 bits per heavy atom. The number of hydrogen-bond acceptors (Lipinski definition) is 7. The average Bonchev–Trinajstić information content (AvgIpc) is 3.03. The molecule has 1 aliphatic heterocycles. The van der Waals surface area contributed by atoms with E-state index in [4.69, 9.17) is 9.47 Å². The molecule has 0 atom stereocenters. The highest BCUT2D eigenvalue weighted by Gasteiger charge is 2.35. The van der Waals surface area contributed by atoms with Crippen LogP contribution in [0.15, 0.2) is 42.5 Å². The molecule has 0 aromatic heterocycles. The molecule has 3 rings (SSSR count). The fourth-order valence-corrected chi connectivity index (χ4v) is 3.26. The highest BCUT2D eigenvalue weighted by atomic mass is 16.5. The fraction of sp³-hybridized carbons (Fsp3) is 0.261. The lowest BCUT2D eigenvalue weighted by atomic mass is 10.1. The van der Waals surface area contributed by atoms with E-state index in [9.17, 15) is 24.0 Å². The molecule has 10 nitrogen and oxygen atoms in total. The number of benzene rings is 2. The van der Waals surface area contributed by atoms with Gasteiger partial charge in [-0.2, -0.15) is 0 Å². The first-order valence-electron chi connectivity index (χ1n) is 10.3. The quantitative estimate of drug-likeness (QED) is 0.461. The zero-order valence-electron chi connectivity index (χ0n) is 18.2. The van der Waals surface area contributed by atoms with Gasteiger partial charge in [0.25, 0.3) is 17.7 Å². The molecule has 0 unspecified atom stereocenters. The van der Waals surface area contributed by atoms with Crippen molar-refractivity contribution in [1.82, 2.24) is 15.5 Å². The third-order valence-corrected chi connectivity index (χ3v) is 4.71. The summed E-state index contributed by atoms with van der Waals surface area (Å²) < 4.78 is 10.5. The first-order chi connectivity index (χ1) is 15.8. The maximum absolute atomic E-state index is 12.6. The summed E-state index contributed by atoms with van der Waals surface area (Å²) >= 11 is 0. The van der Waals surface area contributed by atoms with Gasteiger partial charge in [-0.1, -0.05) is 18.2 Å². The lowest BCUT2D eigenvalue weighted by Crippen LogP contribution is -2.41. The summed E-state index contributed by atoms with van der Waals surface area (Å²) in [5.74, 6) is -2.27. The molecule has 0 saturated heterocycles. The molecule has 1 aliphatic rings. The van der Waals surface area contributed by atoms with Gasteiger partial charge in [-0.3, -0.25) is 24.6 Å². The van der Waals surface area contributed by atoms with Gasteiger partial charge >= 0.3 is 12.0 Å². The van der Waals surface area contributed by atoms with E-state index in [0.717, 1.165) is 4.90 Å². The van der Waals surface area contributed by atoms with E-state index in [0.29, 0.717) is 23.2 Å². The van der Waals surface area contributed by atoms with Crippen LogP contribution in [0.2, 0.25) is 0 Å². The van der Waals surface area contributed by atoms with Gasteiger partial charge < -0.3 is 14.8 Å². The Balaban J connectivity index is 1.74. The van der Waals surface area contributed by atoms with Gasteiger partial charge in [-0.05, 0) is 43.7 Å². The Hall–Kier alpha value is -4.21. The molecular weight excluding hydrogens is 430 g/mol. The van der Waals surface area contributed by atoms with E-state index in [-0.39, 0.29) is 24.5 Å². The molecule has 2 N–H and O–H groups in total. The normalized spacial score (nSPS) is 12.2. The van der Waals surface area contributed by atoms with Crippen molar-refractivity contribution in [2.24, 2.45) is 0 Å². The van der Waals surface area contributed by atoms with Crippen LogP contribution in [-0.4, -0.2) is 54.4 Å². The average molecular weight is 453 g/mol. The number of carbonyl (C=O) groups excluding carboxylic acids is 5. The third-order valence-electron chi connectivity index (χ3n) is 4.71. The highest BCUT2D eigenvalue weighted by Crippen LogP contribution is 2.27. The molecule has 0 spiro atoms. The van der Waals surface area contributed by atoms with Gasteiger partial charge in [0.05, 0.1) is 24.3 Å². The predicted molar refractivity (Wildman–Crippen MR) is 116 cm³/mol. The van der Waals surface area contributed by atoms with Crippen LogP contribution < -0.4 is 15.4 Å². The Morgan fingerprint density at radius 2 is 1.64 bits per heavy atom. The minimum atomic E-state index is -0.853. The SMILES string of the molecule is CCNC(=O)NC(=O)COC(=O)c1cc(CN2C(=O)c3ccccc3C2=O)ccc1OCC. The molecule has 0 saturated carbocycles. The number of hydrogen-bond donors (Lipinski definition) is 2. The van der Waals surface area contributed by atoms with Crippen molar-refractivity contribution in [3.05, 3.63) is 64.7 Å². The summed E-state index contributed by atoms with van der Waals surface area (Å²) in [6.45, 7) is 3.29. The number of fused-ring (bicyclic) bond motifs is 1. The third kappa shape index (κ3) is 5.35. The van der Waals surface area contributed by atoms with E-state index in [1.165, 1.54) is 12.1 Å². The number of carbonyl (C=O) groups is 5. The van der Waals surface area contributed by atoms with Crippen LogP contribution in [0, 0.1) is 0 Å². The van der Waals surface area contributed by atoms with Crippen molar-refractivity contribution < 1.29 is 33.4 Å². The molecule has 1 heterocycles. The second-order valence-electron chi connectivity index (χ2n) is 6.99. The number of nitrogens with one attached hydrogen (secondary N) is 2. The Kier molecular flexibility index (Phi) is 7.39. The molecule has 5 amide bonds. The molecule has 2 aromatic carbocycles. The van der Waals surface area contributed by atoms with Crippen molar-refractivity contribution >= 4 is 29.7 Å². The van der Waals surface area contributed by atoms with Crippen molar-refractivity contribution in [3.63, 3.8) is 0 Å². The minimum Gasteiger partial charge on any atom is -0.493 e. The van der Waals surface area contributed by atoms with E-state index >= 15 is 0 Å². The summed E-state index contributed by atoms with van der Waals surface area (Å²) in [7, 11) is 0. The maximum Gasteiger partial charge on any atom is 0.342 e. The summed E-state index contributed by atoms with van der Waals surface area (Å²) in [4.78, 5) is 62.1. The molecule has 0 aliphatic carbocycles. The zero-order chi connectivity index (χ0) is 24.0. The lowest BCUT2D eigenvalue weighted by Gasteiger charge is -2.16. The summed E-state index contributed by atoms with van der Waals surface area (Å²) in [6.07, 6.45) is 0. The topological polar surface area (TPSA) is 131 Å². The van der Waals surface area contributed by atoms with Crippen LogP contribution in [0.1, 0.15) is 50.5 Å². The van der Waals surface area contributed by atoms with E-state index in [1.807, 2.05) is 5.32 Å². The maximum atomic E-state index is 12.6. The van der Waals surface area contributed by atoms with Crippen LogP contribution in [0.5, 0.6) is 5.75 Å². The molecular formula is C23H23N3O7. The summed E-state index contributed by atoms with van der Waals surface area (Å²) in [6, 6.07) is 10.4. The lowest BCUT2D eigenvalue weighted by molar-refractivity contribution is -0.123. The van der Waals surface area contributed by atoms with Gasteiger partial charge in [0.2, 0.25) is 0 Å². The van der Waals surface area contributed by atoms with Crippen molar-refractivity contribution in [3.8, 4) is 5.75 Å². The standard InChI is InChI=1S/C23H23N3O7/c1-3-24-23(31)25-19(27)13-33-22(30)17-11-14(9-10-18(17)32-4-2)12-26-20(28)15-7-5-6-8-16(15)21(26)29/h5-11H,3-4,12-13H2,1-2H3,(H2,24,25,27,31). The zero-order valence-corrected chi connectivity index (χ0v) is 18.2. The second-order valence-corrected chi connectivity index (χ2v) is 6.99. The van der Waals surface area contributed by atoms with Crippen LogP contribution >= 0.6 is 0 Å². The van der Waals surface area contributed by atoms with Gasteiger partial charge in [0.15, 0.2) is 6.61 Å². The van der Waals surface area contributed by atoms with Crippen LogP contribution in [0.25, 0.3) is 0 Å². The number of imide groups is 2. The van der Waals surface area contributed by atoms with Crippen LogP contribution in [0.4, 0.5) is 4.79 Å². The Labute approximate surface area is 189 Å². The van der Waals surface area contributed by atoms with Crippen LogP contribution in [-0.2, 0) is 16.1 Å². The Bertz CT molecular complexity index is 1080. The highest BCUT2D eigenvalue weighted by molar-refractivity contribution is 6.21. The summed E-state index contributed by atoms with van der Waals surface area (Å²) in [5, 5.41) is 4.41. The van der Waals surface area contributed by atoms with E-state index in [1.54, 1.807) is 44.2 Å². The fourth-order valence-electron chi connectivity index (χ4n) is 3.26. The second kappa shape index (κ2) is 10.4. The Morgan fingerprint density at radius 3 is 2.24 bits per heavy atom. The van der Waals surface area contributed by atoms with Crippen molar-refractivity contribution in [2.45, 2.75) is 20.4 Å². The molecule has 10 heteroatoms. The van der Waals surface area contributed by atoms with E-state index < -0.39 is 36.3 Å². The van der Waals surface area contributed by atoms with Crippen molar-refractivity contribution in [1.29, 1.82) is 0 Å². The smallest absolute Gasteiger partial charge is 0.342 e. The van der Waals surface area contributed by atoms with Crippen LogP contribution in [0.3, 0.4) is 0 Å². The monoisotopic (exact) mass is 453 g/mol. The van der Waals surface area contributed by atoms with Gasteiger partial charge in [-0.15, -0.1) is 0 Å². The predicted octanol–water partition coefficient (Wildman–Crippen LogP) is 1.88. The summed E-state index contributed by atoms with van der Waals surface area (Å²) in [5.41, 5.74) is 1.17. The molecule has 172 valence electrons. The number of nitrogens with zero attached hydrogens (tertiary/aromatic N) is 1. The molecule has 0 radical (unpaired) electrons. The van der Waals surface area contributed by atoms with Gasteiger partial charge in [0, 0.05) is 6.54 Å². The largest absolute Gasteiger partial charge is 0.493 e. The van der Waals surface area contributed by atoms with Gasteiger partial charge in [-0.25, -0.2) is 9.59 Å². The molecule has 2 aromatic rings. The van der Waals surface area contributed by atoms with Gasteiger partial charge in [0.1, 0.15) is 11.3 Å². The molecule has 0 fully saturated rings. The first-order valence-corrected chi connectivity index (χ1v) is 10.3. The van der Waals surface area contributed by atoms with E-state index in [2.05, 4.69) is 5.32 Å². The van der Waals surface area contributed by atoms with Crippen molar-refractivity contribution in [2.75, 3.05) is 19.8 Å². The number of urea groups is 1. The first kappa shape index (κ1) is 23.5. The number of amides is 5. The number of ether oxygens (including phenoxy) is 2. The number of esters is 1.